The molecular weight excluding hydrogens is 358 g/mol. The molecule has 1 aliphatic heterocycles. The van der Waals surface area contributed by atoms with Crippen molar-refractivity contribution in [1.29, 1.82) is 0 Å². The predicted octanol–water partition coefficient (Wildman–Crippen LogP) is 3.10. The number of ether oxygens (including phenoxy) is 4. The van der Waals surface area contributed by atoms with Gasteiger partial charge in [-0.05, 0) is 43.5 Å². The van der Waals surface area contributed by atoms with E-state index in [0.717, 1.165) is 29.7 Å². The molecule has 1 aromatic carbocycles. The molecule has 6 nitrogen and oxygen atoms in total. The topological polar surface area (TPSA) is 66.0 Å². The quantitative estimate of drug-likeness (QED) is 0.435. The Morgan fingerprint density at radius 2 is 2.07 bits per heavy atom. The zero-order valence-corrected chi connectivity index (χ0v) is 17.8. The summed E-state index contributed by atoms with van der Waals surface area (Å²) in [6, 6.07) is 6.12. The Kier molecular flexibility index (Phi) is 9.22. The second-order valence-electron chi connectivity index (χ2n) is 7.77. The lowest BCUT2D eigenvalue weighted by Crippen LogP contribution is -2.41. The zero-order chi connectivity index (χ0) is 20.5. The summed E-state index contributed by atoms with van der Waals surface area (Å²) in [7, 11) is 3.57. The normalized spacial score (nSPS) is 20.4. The number of benzene rings is 1. The summed E-state index contributed by atoms with van der Waals surface area (Å²) >= 11 is 0. The molecule has 1 aliphatic rings. The summed E-state index contributed by atoms with van der Waals surface area (Å²) < 4.78 is 22.4. The Bertz CT molecular complexity index is 619. The molecule has 6 heteroatoms. The standard InChI is InChI=1S/C22H35NO5/c1-15(2)18-12-21(28-22(18)24)19(23-4)14-26-13-17-8-7-16(3)20(11-17)27-10-6-9-25-5/h7-8,11,15,18-19,21,23H,6,9-10,12-14H2,1-5H3/t18-,19-,21-/m0/s1. The third kappa shape index (κ3) is 6.47. The SMILES string of the molecule is CN[C@@H](COCc1ccc(C)c(OCCCOC)c1)[C@@H]1C[C@@H](C(C)C)C(=O)O1. The number of nitrogens with one attached hydrogen (secondary N) is 1. The molecule has 0 aliphatic carbocycles. The van der Waals surface area contributed by atoms with Crippen molar-refractivity contribution in [1.82, 2.24) is 5.32 Å². The van der Waals surface area contributed by atoms with Gasteiger partial charge in [0.05, 0.1) is 31.8 Å². The van der Waals surface area contributed by atoms with Crippen molar-refractivity contribution in [2.75, 3.05) is 34.0 Å². The van der Waals surface area contributed by atoms with Gasteiger partial charge in [0, 0.05) is 20.1 Å². The molecule has 1 fully saturated rings. The van der Waals surface area contributed by atoms with Gasteiger partial charge >= 0.3 is 5.97 Å². The first-order valence-electron chi connectivity index (χ1n) is 10.1. The number of hydrogen-bond acceptors (Lipinski definition) is 6. The largest absolute Gasteiger partial charge is 0.493 e. The second kappa shape index (κ2) is 11.4. The van der Waals surface area contributed by atoms with E-state index in [2.05, 4.69) is 25.2 Å². The molecule has 0 unspecified atom stereocenters. The van der Waals surface area contributed by atoms with E-state index in [4.69, 9.17) is 18.9 Å². The third-order valence-electron chi connectivity index (χ3n) is 5.25. The molecule has 28 heavy (non-hydrogen) atoms. The maximum atomic E-state index is 12.0. The maximum Gasteiger partial charge on any atom is 0.309 e. The first kappa shape index (κ1) is 22.7. The Morgan fingerprint density at radius 1 is 1.29 bits per heavy atom. The molecule has 1 aromatic rings. The molecule has 0 spiro atoms. The summed E-state index contributed by atoms with van der Waals surface area (Å²) in [5.41, 5.74) is 2.16. The van der Waals surface area contributed by atoms with Crippen LogP contribution in [0.4, 0.5) is 0 Å². The Balaban J connectivity index is 1.83. The van der Waals surface area contributed by atoms with E-state index in [1.54, 1.807) is 7.11 Å². The molecule has 0 saturated carbocycles. The van der Waals surface area contributed by atoms with Crippen molar-refractivity contribution in [3.05, 3.63) is 29.3 Å². The molecule has 3 atom stereocenters. The lowest BCUT2D eigenvalue weighted by Gasteiger charge is -2.22. The number of likely N-dealkylation sites (N-methyl/N-ethyl adjacent to an activating group) is 1. The molecular formula is C22H35NO5. The van der Waals surface area contributed by atoms with Crippen molar-refractivity contribution in [3.63, 3.8) is 0 Å². The fourth-order valence-electron chi connectivity index (χ4n) is 3.38. The number of aryl methyl sites for hydroxylation is 1. The van der Waals surface area contributed by atoms with E-state index in [9.17, 15) is 4.79 Å². The first-order chi connectivity index (χ1) is 13.5. The molecule has 0 radical (unpaired) electrons. The van der Waals surface area contributed by atoms with Crippen molar-refractivity contribution < 1.29 is 23.7 Å². The number of esters is 1. The Labute approximate surface area is 168 Å². The molecule has 1 N–H and O–H groups in total. The third-order valence-corrected chi connectivity index (χ3v) is 5.25. The summed E-state index contributed by atoms with van der Waals surface area (Å²) in [6.45, 7) is 8.45. The van der Waals surface area contributed by atoms with Gasteiger partial charge in [0.25, 0.3) is 0 Å². The van der Waals surface area contributed by atoms with Gasteiger partial charge in [-0.25, -0.2) is 0 Å². The van der Waals surface area contributed by atoms with Crippen molar-refractivity contribution in [3.8, 4) is 5.75 Å². The fourth-order valence-corrected chi connectivity index (χ4v) is 3.38. The summed E-state index contributed by atoms with van der Waals surface area (Å²) in [5, 5.41) is 3.23. The number of hydrogen-bond donors (Lipinski definition) is 1. The van der Waals surface area contributed by atoms with Crippen LogP contribution in [-0.4, -0.2) is 52.1 Å². The minimum atomic E-state index is -0.136. The van der Waals surface area contributed by atoms with Crippen LogP contribution in [-0.2, 0) is 25.6 Å². The highest BCUT2D eigenvalue weighted by atomic mass is 16.6. The summed E-state index contributed by atoms with van der Waals surface area (Å²) in [4.78, 5) is 12.0. The van der Waals surface area contributed by atoms with Gasteiger partial charge in [0.15, 0.2) is 0 Å². The number of rotatable bonds is 12. The molecule has 1 heterocycles. The molecule has 0 amide bonds. The lowest BCUT2D eigenvalue weighted by atomic mass is 9.91. The Morgan fingerprint density at radius 3 is 2.71 bits per heavy atom. The van der Waals surface area contributed by atoms with Crippen LogP contribution >= 0.6 is 0 Å². The van der Waals surface area contributed by atoms with Gasteiger partial charge in [-0.2, -0.15) is 0 Å². The molecule has 158 valence electrons. The minimum Gasteiger partial charge on any atom is -0.493 e. The van der Waals surface area contributed by atoms with E-state index < -0.39 is 0 Å². The van der Waals surface area contributed by atoms with Crippen LogP contribution in [0.15, 0.2) is 18.2 Å². The number of methoxy groups -OCH3 is 1. The van der Waals surface area contributed by atoms with Crippen molar-refractivity contribution in [2.24, 2.45) is 11.8 Å². The van der Waals surface area contributed by atoms with E-state index in [1.165, 1.54) is 0 Å². The fraction of sp³-hybridized carbons (Fsp3) is 0.682. The van der Waals surface area contributed by atoms with Gasteiger partial charge in [-0.3, -0.25) is 4.79 Å². The van der Waals surface area contributed by atoms with Crippen LogP contribution in [0.1, 0.15) is 37.8 Å². The Hall–Kier alpha value is -1.63. The summed E-state index contributed by atoms with van der Waals surface area (Å²) in [5.74, 6) is 1.07. The van der Waals surface area contributed by atoms with Gasteiger partial charge < -0.3 is 24.3 Å². The van der Waals surface area contributed by atoms with Crippen molar-refractivity contribution in [2.45, 2.75) is 52.4 Å². The minimum absolute atomic E-state index is 0.0112. The van der Waals surface area contributed by atoms with E-state index >= 15 is 0 Å². The van der Waals surface area contributed by atoms with Crippen LogP contribution < -0.4 is 10.1 Å². The average molecular weight is 394 g/mol. The van der Waals surface area contributed by atoms with E-state index in [1.807, 2.05) is 26.1 Å². The number of cyclic esters (lactones) is 1. The summed E-state index contributed by atoms with van der Waals surface area (Å²) in [6.07, 6.45) is 1.47. The van der Waals surface area contributed by atoms with Gasteiger partial charge in [-0.1, -0.05) is 26.0 Å². The monoisotopic (exact) mass is 393 g/mol. The van der Waals surface area contributed by atoms with Gasteiger partial charge in [0.2, 0.25) is 0 Å². The highest BCUT2D eigenvalue weighted by molar-refractivity contribution is 5.75. The molecule has 2 rings (SSSR count). The first-order valence-corrected chi connectivity index (χ1v) is 10.1. The predicted molar refractivity (Wildman–Crippen MR) is 108 cm³/mol. The van der Waals surface area contributed by atoms with Crippen LogP contribution in [0.2, 0.25) is 0 Å². The van der Waals surface area contributed by atoms with E-state index in [-0.39, 0.29) is 24.0 Å². The average Bonchev–Trinajstić information content (AvgIpc) is 3.06. The number of carbonyl (C=O) groups is 1. The molecule has 1 saturated heterocycles. The van der Waals surface area contributed by atoms with E-state index in [0.29, 0.717) is 32.3 Å². The van der Waals surface area contributed by atoms with Crippen molar-refractivity contribution >= 4 is 5.97 Å². The van der Waals surface area contributed by atoms with Crippen LogP contribution in [0.25, 0.3) is 0 Å². The lowest BCUT2D eigenvalue weighted by molar-refractivity contribution is -0.146. The maximum absolute atomic E-state index is 12.0. The number of carbonyl (C=O) groups excluding carboxylic acids is 1. The highest BCUT2D eigenvalue weighted by Gasteiger charge is 2.39. The zero-order valence-electron chi connectivity index (χ0n) is 17.8. The van der Waals surface area contributed by atoms with Crippen LogP contribution in [0.5, 0.6) is 5.75 Å². The smallest absolute Gasteiger partial charge is 0.309 e. The second-order valence-corrected chi connectivity index (χ2v) is 7.77. The highest BCUT2D eigenvalue weighted by Crippen LogP contribution is 2.29. The van der Waals surface area contributed by atoms with Crippen LogP contribution in [0, 0.1) is 18.8 Å². The van der Waals surface area contributed by atoms with Gasteiger partial charge in [-0.15, -0.1) is 0 Å². The van der Waals surface area contributed by atoms with Gasteiger partial charge in [0.1, 0.15) is 11.9 Å². The van der Waals surface area contributed by atoms with Crippen LogP contribution in [0.3, 0.4) is 0 Å². The molecule has 0 aromatic heterocycles. The molecule has 0 bridgehead atoms.